The number of nitrogen functional groups attached to an aromatic ring is 1. The molecule has 3 nitrogen and oxygen atoms in total. The Morgan fingerprint density at radius 2 is 1.95 bits per heavy atom. The SMILES string of the molecule is CC1(CNc2cc(OC(F)F)c(F)cc2N)CCCCC1. The number of halogens is 3. The summed E-state index contributed by atoms with van der Waals surface area (Å²) >= 11 is 0. The second-order valence-corrected chi connectivity index (χ2v) is 5.97. The molecule has 1 aromatic carbocycles. The summed E-state index contributed by atoms with van der Waals surface area (Å²) < 4.78 is 42.1. The fourth-order valence-corrected chi connectivity index (χ4v) is 2.80. The molecule has 0 aliphatic heterocycles. The van der Waals surface area contributed by atoms with E-state index in [0.29, 0.717) is 12.2 Å². The van der Waals surface area contributed by atoms with Gasteiger partial charge in [-0.1, -0.05) is 26.2 Å². The zero-order valence-electron chi connectivity index (χ0n) is 12.1. The highest BCUT2D eigenvalue weighted by atomic mass is 19.3. The van der Waals surface area contributed by atoms with Crippen LogP contribution in [0.1, 0.15) is 39.0 Å². The number of hydrogen-bond acceptors (Lipinski definition) is 3. The van der Waals surface area contributed by atoms with Crippen molar-refractivity contribution in [1.29, 1.82) is 0 Å². The average Bonchev–Trinajstić information content (AvgIpc) is 2.41. The minimum atomic E-state index is -3.06. The first-order valence-electron chi connectivity index (χ1n) is 7.17. The first-order chi connectivity index (χ1) is 9.89. The van der Waals surface area contributed by atoms with E-state index in [4.69, 9.17) is 5.73 Å². The van der Waals surface area contributed by atoms with Crippen LogP contribution in [0.2, 0.25) is 0 Å². The van der Waals surface area contributed by atoms with Crippen LogP contribution in [0.4, 0.5) is 24.5 Å². The Hall–Kier alpha value is -1.59. The van der Waals surface area contributed by atoms with Gasteiger partial charge in [-0.15, -0.1) is 0 Å². The van der Waals surface area contributed by atoms with E-state index in [2.05, 4.69) is 17.0 Å². The molecule has 0 unspecified atom stereocenters. The molecule has 0 spiro atoms. The maximum Gasteiger partial charge on any atom is 0.387 e. The summed E-state index contributed by atoms with van der Waals surface area (Å²) in [5.74, 6) is -1.38. The zero-order chi connectivity index (χ0) is 15.5. The minimum Gasteiger partial charge on any atom is -0.432 e. The Bertz CT molecular complexity index is 488. The predicted molar refractivity (Wildman–Crippen MR) is 77.1 cm³/mol. The van der Waals surface area contributed by atoms with Crippen molar-refractivity contribution in [3.63, 3.8) is 0 Å². The van der Waals surface area contributed by atoms with E-state index >= 15 is 0 Å². The number of benzene rings is 1. The molecular formula is C15H21F3N2O. The summed E-state index contributed by atoms with van der Waals surface area (Å²) in [5, 5.41) is 3.15. The van der Waals surface area contributed by atoms with E-state index in [0.717, 1.165) is 18.9 Å². The quantitative estimate of drug-likeness (QED) is 0.793. The average molecular weight is 302 g/mol. The zero-order valence-corrected chi connectivity index (χ0v) is 12.1. The van der Waals surface area contributed by atoms with E-state index in [1.165, 1.54) is 25.3 Å². The fourth-order valence-electron chi connectivity index (χ4n) is 2.80. The largest absolute Gasteiger partial charge is 0.432 e. The van der Waals surface area contributed by atoms with Gasteiger partial charge in [-0.3, -0.25) is 0 Å². The van der Waals surface area contributed by atoms with Gasteiger partial charge in [0.25, 0.3) is 0 Å². The van der Waals surface area contributed by atoms with E-state index in [9.17, 15) is 13.2 Å². The van der Waals surface area contributed by atoms with Crippen molar-refractivity contribution >= 4 is 11.4 Å². The monoisotopic (exact) mass is 302 g/mol. The van der Waals surface area contributed by atoms with Gasteiger partial charge in [0.2, 0.25) is 0 Å². The Kier molecular flexibility index (Phi) is 4.85. The van der Waals surface area contributed by atoms with E-state index in [-0.39, 0.29) is 11.1 Å². The van der Waals surface area contributed by atoms with Crippen LogP contribution in [0.3, 0.4) is 0 Å². The van der Waals surface area contributed by atoms with Gasteiger partial charge in [0.1, 0.15) is 0 Å². The summed E-state index contributed by atoms with van der Waals surface area (Å²) in [6.07, 6.45) is 5.86. The van der Waals surface area contributed by atoms with Crippen molar-refractivity contribution in [2.24, 2.45) is 5.41 Å². The number of rotatable bonds is 5. The molecule has 0 radical (unpaired) electrons. The smallest absolute Gasteiger partial charge is 0.387 e. The topological polar surface area (TPSA) is 47.3 Å². The van der Waals surface area contributed by atoms with Gasteiger partial charge >= 0.3 is 6.61 Å². The number of nitrogens with one attached hydrogen (secondary N) is 1. The molecule has 0 bridgehead atoms. The van der Waals surface area contributed by atoms with Crippen molar-refractivity contribution in [2.75, 3.05) is 17.6 Å². The number of alkyl halides is 2. The van der Waals surface area contributed by atoms with Gasteiger partial charge in [0.15, 0.2) is 11.6 Å². The maximum absolute atomic E-state index is 13.5. The van der Waals surface area contributed by atoms with Crippen molar-refractivity contribution < 1.29 is 17.9 Å². The van der Waals surface area contributed by atoms with Gasteiger partial charge in [0.05, 0.1) is 11.4 Å². The maximum atomic E-state index is 13.5. The van der Waals surface area contributed by atoms with E-state index < -0.39 is 18.2 Å². The fraction of sp³-hybridized carbons (Fsp3) is 0.600. The van der Waals surface area contributed by atoms with Crippen LogP contribution < -0.4 is 15.8 Å². The molecule has 3 N–H and O–H groups in total. The summed E-state index contributed by atoms with van der Waals surface area (Å²) in [6, 6.07) is 2.20. The molecule has 0 amide bonds. The molecule has 1 aromatic rings. The number of ether oxygens (including phenoxy) is 1. The van der Waals surface area contributed by atoms with Crippen LogP contribution in [-0.4, -0.2) is 13.2 Å². The van der Waals surface area contributed by atoms with Gasteiger partial charge in [-0.05, 0) is 18.3 Å². The summed E-state index contributed by atoms with van der Waals surface area (Å²) in [5.41, 5.74) is 6.51. The second-order valence-electron chi connectivity index (χ2n) is 5.97. The molecular weight excluding hydrogens is 281 g/mol. The highest BCUT2D eigenvalue weighted by Crippen LogP contribution is 2.37. The molecule has 1 saturated carbocycles. The van der Waals surface area contributed by atoms with Crippen LogP contribution in [-0.2, 0) is 0 Å². The predicted octanol–water partition coefficient (Wildman–Crippen LogP) is 4.39. The van der Waals surface area contributed by atoms with Gasteiger partial charge in [-0.2, -0.15) is 8.78 Å². The third-order valence-electron chi connectivity index (χ3n) is 4.09. The van der Waals surface area contributed by atoms with Crippen LogP contribution in [0, 0.1) is 11.2 Å². The lowest BCUT2D eigenvalue weighted by molar-refractivity contribution is -0.0521. The molecule has 118 valence electrons. The lowest BCUT2D eigenvalue weighted by atomic mass is 9.76. The van der Waals surface area contributed by atoms with Gasteiger partial charge in [0, 0.05) is 18.7 Å². The summed E-state index contributed by atoms with van der Waals surface area (Å²) in [7, 11) is 0. The van der Waals surface area contributed by atoms with Crippen molar-refractivity contribution in [3.05, 3.63) is 17.9 Å². The molecule has 2 rings (SSSR count). The van der Waals surface area contributed by atoms with Crippen molar-refractivity contribution in [2.45, 2.75) is 45.6 Å². The standard InChI is InChI=1S/C15H21F3N2O/c1-15(5-3-2-4-6-15)9-20-12-8-13(21-14(17)18)10(16)7-11(12)19/h7-8,14,20H,2-6,9,19H2,1H3. The summed E-state index contributed by atoms with van der Waals surface area (Å²) in [4.78, 5) is 0. The van der Waals surface area contributed by atoms with E-state index in [1.807, 2.05) is 0 Å². The Morgan fingerprint density at radius 3 is 2.57 bits per heavy atom. The third kappa shape index (κ3) is 4.19. The van der Waals surface area contributed by atoms with Crippen molar-refractivity contribution in [3.8, 4) is 5.75 Å². The normalized spacial score (nSPS) is 17.8. The van der Waals surface area contributed by atoms with Crippen molar-refractivity contribution in [1.82, 2.24) is 0 Å². The Balaban J connectivity index is 2.08. The van der Waals surface area contributed by atoms with Gasteiger partial charge < -0.3 is 15.8 Å². The third-order valence-corrected chi connectivity index (χ3v) is 4.09. The Morgan fingerprint density at radius 1 is 1.29 bits per heavy atom. The lowest BCUT2D eigenvalue weighted by Crippen LogP contribution is -2.29. The van der Waals surface area contributed by atoms with Gasteiger partial charge in [-0.25, -0.2) is 4.39 Å². The number of hydrogen-bond donors (Lipinski definition) is 2. The molecule has 1 aliphatic rings. The highest BCUT2D eigenvalue weighted by molar-refractivity contribution is 5.68. The molecule has 0 aromatic heterocycles. The highest BCUT2D eigenvalue weighted by Gasteiger charge is 2.26. The molecule has 21 heavy (non-hydrogen) atoms. The van der Waals surface area contributed by atoms with Crippen LogP contribution >= 0.6 is 0 Å². The number of nitrogens with two attached hydrogens (primary N) is 1. The Labute approximate surface area is 122 Å². The van der Waals surface area contributed by atoms with E-state index in [1.54, 1.807) is 0 Å². The summed E-state index contributed by atoms with van der Waals surface area (Å²) in [6.45, 7) is -0.196. The molecule has 1 aliphatic carbocycles. The van der Waals surface area contributed by atoms with Crippen LogP contribution in [0.15, 0.2) is 12.1 Å². The molecule has 6 heteroatoms. The molecule has 0 saturated heterocycles. The van der Waals surface area contributed by atoms with Crippen LogP contribution in [0.5, 0.6) is 5.75 Å². The first kappa shape index (κ1) is 15.8. The molecule has 1 fully saturated rings. The minimum absolute atomic E-state index is 0.156. The number of anilines is 2. The first-order valence-corrected chi connectivity index (χ1v) is 7.17. The lowest BCUT2D eigenvalue weighted by Gasteiger charge is -2.34. The molecule has 0 heterocycles. The van der Waals surface area contributed by atoms with Crippen LogP contribution in [0.25, 0.3) is 0 Å². The second kappa shape index (κ2) is 6.45. The molecule has 0 atom stereocenters.